The van der Waals surface area contributed by atoms with Crippen LogP contribution in [-0.2, 0) is 32.8 Å². The molecule has 0 aliphatic carbocycles. The van der Waals surface area contributed by atoms with Gasteiger partial charge in [-0.2, -0.15) is 38.6 Å². The van der Waals surface area contributed by atoms with E-state index in [0.29, 0.717) is 11.5 Å². The number of fused-ring (bicyclic) bond motifs is 1. The molecule has 2 heterocycles. The number of nitrogens with zero attached hydrogens (tertiary/aromatic N) is 4. The molecule has 0 fully saturated rings. The zero-order chi connectivity index (χ0) is 28.8. The molecule has 1 unspecified atom stereocenters. The summed E-state index contributed by atoms with van der Waals surface area (Å²) in [7, 11) is 3.87. The van der Waals surface area contributed by atoms with Gasteiger partial charge in [-0.1, -0.05) is 30.3 Å². The van der Waals surface area contributed by atoms with Crippen LogP contribution in [0.15, 0.2) is 97.3 Å². The molecule has 4 aromatic carbocycles. The van der Waals surface area contributed by atoms with Crippen LogP contribution >= 0.6 is 0 Å². The first-order valence-corrected chi connectivity index (χ1v) is 13.0. The SMILES string of the molecule is CN1C=CN(c2[c-]c(Oc3[c-]c(N4[CH-]N(C)C(C)(c5ccc(C(F)(F)F)cc5)c5ccccc54)ccc3)ccc2)[CH-]1.[Pt+4]. The van der Waals surface area contributed by atoms with Crippen LogP contribution in [0, 0.1) is 25.5 Å². The van der Waals surface area contributed by atoms with Crippen molar-refractivity contribution in [2.75, 3.05) is 23.9 Å². The van der Waals surface area contributed by atoms with Gasteiger partial charge in [-0.15, -0.1) is 47.8 Å². The summed E-state index contributed by atoms with van der Waals surface area (Å²) < 4.78 is 45.9. The third-order valence-corrected chi connectivity index (χ3v) is 7.49. The molecule has 216 valence electrons. The van der Waals surface area contributed by atoms with E-state index < -0.39 is 17.3 Å². The molecule has 4 aromatic rings. The zero-order valence-corrected chi connectivity index (χ0v) is 25.3. The first-order valence-electron chi connectivity index (χ1n) is 13.0. The summed E-state index contributed by atoms with van der Waals surface area (Å²) in [5.41, 5.74) is 2.84. The monoisotopic (exact) mass is 747 g/mol. The Morgan fingerprint density at radius 3 is 2.05 bits per heavy atom. The molecule has 0 saturated carbocycles. The van der Waals surface area contributed by atoms with Gasteiger partial charge in [0, 0.05) is 22.7 Å². The number of hydrogen-bond donors (Lipinski definition) is 0. The molecule has 0 radical (unpaired) electrons. The number of halogens is 3. The second kappa shape index (κ2) is 11.5. The molecular weight excluding hydrogens is 720 g/mol. The van der Waals surface area contributed by atoms with Gasteiger partial charge < -0.3 is 24.3 Å². The Labute approximate surface area is 258 Å². The maximum absolute atomic E-state index is 13.2. The Morgan fingerprint density at radius 2 is 1.40 bits per heavy atom. The van der Waals surface area contributed by atoms with Crippen molar-refractivity contribution in [3.8, 4) is 11.5 Å². The van der Waals surface area contributed by atoms with Crippen molar-refractivity contribution in [2.45, 2.75) is 18.6 Å². The van der Waals surface area contributed by atoms with Gasteiger partial charge in [-0.25, -0.2) is 0 Å². The Bertz CT molecular complexity index is 1590. The second-order valence-electron chi connectivity index (χ2n) is 10.1. The van der Waals surface area contributed by atoms with Gasteiger partial charge >= 0.3 is 27.2 Å². The Kier molecular flexibility index (Phi) is 8.14. The molecule has 5 nitrogen and oxygen atoms in total. The number of anilines is 3. The summed E-state index contributed by atoms with van der Waals surface area (Å²) in [6, 6.07) is 31.3. The molecular formula is C33H27F3N4OPt. The molecule has 0 amide bonds. The average molecular weight is 748 g/mol. The summed E-state index contributed by atoms with van der Waals surface area (Å²) >= 11 is 0. The van der Waals surface area contributed by atoms with E-state index in [1.165, 1.54) is 0 Å². The molecule has 2 aliphatic heterocycles. The van der Waals surface area contributed by atoms with Crippen LogP contribution < -0.4 is 14.5 Å². The minimum Gasteiger partial charge on any atom is -0.510 e. The quantitative estimate of drug-likeness (QED) is 0.193. The Hall–Kier alpha value is -3.74. The molecule has 0 saturated heterocycles. The van der Waals surface area contributed by atoms with Gasteiger partial charge in [0.25, 0.3) is 0 Å². The van der Waals surface area contributed by atoms with Gasteiger partial charge in [0.2, 0.25) is 0 Å². The van der Waals surface area contributed by atoms with E-state index in [2.05, 4.69) is 12.1 Å². The normalized spacial score (nSPS) is 18.6. The third-order valence-electron chi connectivity index (χ3n) is 7.49. The van der Waals surface area contributed by atoms with Crippen LogP contribution in [0.4, 0.5) is 30.2 Å². The van der Waals surface area contributed by atoms with Crippen LogP contribution in [0.5, 0.6) is 11.5 Å². The first kappa shape index (κ1) is 29.7. The van der Waals surface area contributed by atoms with Crippen LogP contribution in [0.25, 0.3) is 0 Å². The molecule has 9 heteroatoms. The summed E-state index contributed by atoms with van der Waals surface area (Å²) in [5, 5.41) is 0. The van der Waals surface area contributed by atoms with Crippen molar-refractivity contribution in [3.05, 3.63) is 139 Å². The van der Waals surface area contributed by atoms with E-state index >= 15 is 0 Å². The third kappa shape index (κ3) is 5.53. The van der Waals surface area contributed by atoms with Crippen LogP contribution in [0.3, 0.4) is 0 Å². The summed E-state index contributed by atoms with van der Waals surface area (Å²) in [6.45, 7) is 5.90. The summed E-state index contributed by atoms with van der Waals surface area (Å²) in [5.74, 6) is 1.08. The molecule has 42 heavy (non-hydrogen) atoms. The van der Waals surface area contributed by atoms with E-state index in [1.807, 2.05) is 127 Å². The molecule has 6 rings (SSSR count). The number of rotatable bonds is 5. The maximum Gasteiger partial charge on any atom is 4.00 e. The fraction of sp³-hybridized carbons (Fsp3) is 0.152. The largest absolute Gasteiger partial charge is 4.00 e. The smallest absolute Gasteiger partial charge is 0.510 e. The van der Waals surface area contributed by atoms with Gasteiger partial charge in [-0.05, 0) is 62.7 Å². The van der Waals surface area contributed by atoms with Gasteiger partial charge in [0.15, 0.2) is 0 Å². The van der Waals surface area contributed by atoms with Gasteiger partial charge in [0.05, 0.1) is 5.56 Å². The fourth-order valence-electron chi connectivity index (χ4n) is 5.16. The minimum atomic E-state index is -4.39. The van der Waals surface area contributed by atoms with Crippen molar-refractivity contribution in [2.24, 2.45) is 0 Å². The topological polar surface area (TPSA) is 22.2 Å². The van der Waals surface area contributed by atoms with E-state index in [1.54, 1.807) is 12.1 Å². The van der Waals surface area contributed by atoms with Crippen molar-refractivity contribution in [1.29, 1.82) is 0 Å². The number of para-hydroxylation sites is 1. The van der Waals surface area contributed by atoms with E-state index in [9.17, 15) is 13.2 Å². The van der Waals surface area contributed by atoms with Crippen molar-refractivity contribution in [1.82, 2.24) is 9.80 Å². The molecule has 0 N–H and O–H groups in total. The van der Waals surface area contributed by atoms with Gasteiger partial charge in [0.1, 0.15) is 0 Å². The van der Waals surface area contributed by atoms with Crippen molar-refractivity contribution < 1.29 is 39.0 Å². The van der Waals surface area contributed by atoms with Crippen LogP contribution in [0.2, 0.25) is 0 Å². The van der Waals surface area contributed by atoms with E-state index in [-0.39, 0.29) is 21.1 Å². The number of alkyl halides is 3. The number of hydrogen-bond acceptors (Lipinski definition) is 5. The van der Waals surface area contributed by atoms with Crippen LogP contribution in [-0.4, -0.2) is 23.9 Å². The van der Waals surface area contributed by atoms with Crippen molar-refractivity contribution >= 4 is 17.1 Å². The summed E-state index contributed by atoms with van der Waals surface area (Å²) in [6.07, 6.45) is -0.493. The molecule has 2 aliphatic rings. The zero-order valence-electron chi connectivity index (χ0n) is 23.0. The Morgan fingerprint density at radius 1 is 0.762 bits per heavy atom. The summed E-state index contributed by atoms with van der Waals surface area (Å²) in [4.78, 5) is 7.92. The predicted octanol–water partition coefficient (Wildman–Crippen LogP) is 7.90. The minimum absolute atomic E-state index is 0. The van der Waals surface area contributed by atoms with Crippen molar-refractivity contribution in [3.63, 3.8) is 0 Å². The average Bonchev–Trinajstić information content (AvgIpc) is 3.41. The molecule has 0 bridgehead atoms. The number of ether oxygens (including phenoxy) is 1. The van der Waals surface area contributed by atoms with Gasteiger partial charge in [-0.3, -0.25) is 0 Å². The van der Waals surface area contributed by atoms with Crippen LogP contribution in [0.1, 0.15) is 23.6 Å². The fourth-order valence-corrected chi connectivity index (χ4v) is 5.16. The molecule has 0 aromatic heterocycles. The Balaban J connectivity index is 0.00000353. The molecule has 1 atom stereocenters. The molecule has 0 spiro atoms. The first-order chi connectivity index (χ1) is 19.6. The number of benzene rings is 4. The van der Waals surface area contributed by atoms with E-state index in [4.69, 9.17) is 4.74 Å². The van der Waals surface area contributed by atoms with E-state index in [0.717, 1.165) is 40.3 Å². The second-order valence-corrected chi connectivity index (χ2v) is 10.1. The predicted molar refractivity (Wildman–Crippen MR) is 153 cm³/mol. The maximum atomic E-state index is 13.2. The standard InChI is InChI=1S/C33H27F3N4O.Pt/c1-32(24-14-16-25(17-15-24)33(34,35)36)30-12-4-5-13-31(30)40(23-38(32)3)27-9-7-11-29(21-27)41-28-10-6-8-26(20-28)39-19-18-37(2)22-39;/h4-19,22-23H,1-3H3;/q-4;+4.